The second-order valence-corrected chi connectivity index (χ2v) is 8.32. The van der Waals surface area contributed by atoms with E-state index in [0.717, 1.165) is 16.7 Å². The minimum absolute atomic E-state index is 0.217. The zero-order valence-electron chi connectivity index (χ0n) is 18.7. The molecule has 0 radical (unpaired) electrons. The van der Waals surface area contributed by atoms with Crippen LogP contribution in [0.4, 0.5) is 4.39 Å². The molecule has 0 N–H and O–H groups in total. The van der Waals surface area contributed by atoms with Crippen LogP contribution in [0.5, 0.6) is 0 Å². The number of fused-ring (bicyclic) bond motifs is 1. The van der Waals surface area contributed by atoms with Gasteiger partial charge in [0.2, 0.25) is 0 Å². The van der Waals surface area contributed by atoms with Gasteiger partial charge in [0.1, 0.15) is 5.82 Å². The van der Waals surface area contributed by atoms with Crippen LogP contribution in [0.15, 0.2) is 94.8 Å². The lowest BCUT2D eigenvalue weighted by Crippen LogP contribution is -2.40. The number of hydrogen-bond acceptors (Lipinski definition) is 3. The minimum atomic E-state index is -0.499. The Balaban J connectivity index is 1.69. The Labute approximate surface area is 195 Å². The zero-order valence-corrected chi connectivity index (χ0v) is 18.7. The van der Waals surface area contributed by atoms with Gasteiger partial charge in [-0.05, 0) is 48.7 Å². The number of nitrogens with zero attached hydrogens (tertiary/aromatic N) is 4. The van der Waals surface area contributed by atoms with Gasteiger partial charge in [0.25, 0.3) is 5.56 Å². The number of benzene rings is 3. The third-order valence-electron chi connectivity index (χ3n) is 5.89. The number of hydrogen-bond donors (Lipinski definition) is 0. The van der Waals surface area contributed by atoms with Crippen molar-refractivity contribution in [3.05, 3.63) is 129 Å². The molecule has 34 heavy (non-hydrogen) atoms. The van der Waals surface area contributed by atoms with Gasteiger partial charge >= 0.3 is 5.69 Å². The van der Waals surface area contributed by atoms with Crippen LogP contribution in [-0.2, 0) is 19.5 Å². The standard InChI is InChI=1S/C27H23FN4O2/c1-19-6-5-9-21(16-19)17-30-18-29-25-24(30)26(33)31(15-14-20-7-3-2-4-8-20)27(34)32(25)23-12-10-22(28)11-13-23/h2-13,16,18H,14-15,17H2,1H3. The Bertz CT molecular complexity index is 1580. The molecule has 0 aliphatic carbocycles. The van der Waals surface area contributed by atoms with E-state index in [4.69, 9.17) is 0 Å². The first-order valence-corrected chi connectivity index (χ1v) is 11.1. The van der Waals surface area contributed by atoms with Crippen LogP contribution in [0.1, 0.15) is 16.7 Å². The fraction of sp³-hybridized carbons (Fsp3) is 0.148. The van der Waals surface area contributed by atoms with Crippen molar-refractivity contribution in [1.29, 1.82) is 0 Å². The maximum atomic E-state index is 13.6. The first-order chi connectivity index (χ1) is 16.5. The summed E-state index contributed by atoms with van der Waals surface area (Å²) in [6.07, 6.45) is 2.10. The molecule has 0 bridgehead atoms. The average molecular weight is 455 g/mol. The molecule has 0 spiro atoms. The Morgan fingerprint density at radius 2 is 1.62 bits per heavy atom. The summed E-state index contributed by atoms with van der Waals surface area (Å²) < 4.78 is 18.0. The fourth-order valence-corrected chi connectivity index (χ4v) is 4.21. The van der Waals surface area contributed by atoms with Gasteiger partial charge in [-0.25, -0.2) is 18.7 Å². The highest BCUT2D eigenvalue weighted by Crippen LogP contribution is 2.16. The van der Waals surface area contributed by atoms with Crippen LogP contribution in [0.2, 0.25) is 0 Å². The van der Waals surface area contributed by atoms with E-state index >= 15 is 0 Å². The molecule has 170 valence electrons. The smallest absolute Gasteiger partial charge is 0.320 e. The summed E-state index contributed by atoms with van der Waals surface area (Å²) in [4.78, 5) is 31.5. The molecule has 5 rings (SSSR count). The van der Waals surface area contributed by atoms with Crippen molar-refractivity contribution in [3.63, 3.8) is 0 Å². The van der Waals surface area contributed by atoms with E-state index in [1.54, 1.807) is 10.9 Å². The molecule has 0 unspecified atom stereocenters. The van der Waals surface area contributed by atoms with Crippen LogP contribution in [0.3, 0.4) is 0 Å². The van der Waals surface area contributed by atoms with Crippen molar-refractivity contribution in [2.24, 2.45) is 0 Å². The summed E-state index contributed by atoms with van der Waals surface area (Å²) in [7, 11) is 0. The van der Waals surface area contributed by atoms with E-state index in [9.17, 15) is 14.0 Å². The maximum Gasteiger partial charge on any atom is 0.337 e. The van der Waals surface area contributed by atoms with Crippen LogP contribution in [0.25, 0.3) is 16.9 Å². The molecule has 0 aliphatic rings. The summed E-state index contributed by atoms with van der Waals surface area (Å²) in [5.74, 6) is -0.407. The van der Waals surface area contributed by atoms with Gasteiger partial charge in [0, 0.05) is 13.1 Å². The Hall–Kier alpha value is -4.26. The van der Waals surface area contributed by atoms with Crippen LogP contribution in [0, 0.1) is 12.7 Å². The van der Waals surface area contributed by atoms with E-state index in [0.29, 0.717) is 24.2 Å². The molecule has 6 nitrogen and oxygen atoms in total. The van der Waals surface area contributed by atoms with Gasteiger partial charge in [-0.3, -0.25) is 9.36 Å². The quantitative estimate of drug-likeness (QED) is 0.388. The molecule has 7 heteroatoms. The highest BCUT2D eigenvalue weighted by molar-refractivity contribution is 5.72. The molecular weight excluding hydrogens is 431 g/mol. The predicted molar refractivity (Wildman–Crippen MR) is 130 cm³/mol. The number of halogens is 1. The topological polar surface area (TPSA) is 61.8 Å². The van der Waals surface area contributed by atoms with Crippen molar-refractivity contribution >= 4 is 11.2 Å². The molecule has 0 saturated heterocycles. The predicted octanol–water partition coefficient (Wildman–Crippen LogP) is 4.09. The van der Waals surface area contributed by atoms with E-state index in [1.165, 1.54) is 33.4 Å². The van der Waals surface area contributed by atoms with Gasteiger partial charge < -0.3 is 4.57 Å². The molecular formula is C27H23FN4O2. The molecule has 0 aliphatic heterocycles. The third-order valence-corrected chi connectivity index (χ3v) is 5.89. The van der Waals surface area contributed by atoms with Gasteiger partial charge in [-0.15, -0.1) is 0 Å². The summed E-state index contributed by atoms with van der Waals surface area (Å²) in [5.41, 5.74) is 3.31. The number of rotatable bonds is 6. The molecule has 2 aromatic heterocycles. The summed E-state index contributed by atoms with van der Waals surface area (Å²) >= 11 is 0. The molecule has 0 saturated carbocycles. The average Bonchev–Trinajstić information content (AvgIpc) is 3.24. The summed E-state index contributed by atoms with van der Waals surface area (Å²) in [6, 6.07) is 23.3. The summed E-state index contributed by atoms with van der Waals surface area (Å²) in [6.45, 7) is 2.67. The molecule has 2 heterocycles. The largest absolute Gasteiger partial charge is 0.337 e. The molecule has 3 aromatic carbocycles. The molecule has 0 amide bonds. The Morgan fingerprint density at radius 1 is 0.882 bits per heavy atom. The van der Waals surface area contributed by atoms with Gasteiger partial charge in [0.15, 0.2) is 11.2 Å². The number of imidazole rings is 1. The van der Waals surface area contributed by atoms with Crippen molar-refractivity contribution < 1.29 is 4.39 Å². The SMILES string of the molecule is Cc1cccc(Cn2cnc3c2c(=O)n(CCc2ccccc2)c(=O)n3-c2ccc(F)cc2)c1. The minimum Gasteiger partial charge on any atom is -0.320 e. The van der Waals surface area contributed by atoms with Crippen LogP contribution < -0.4 is 11.2 Å². The van der Waals surface area contributed by atoms with Crippen LogP contribution >= 0.6 is 0 Å². The van der Waals surface area contributed by atoms with Gasteiger partial charge in [-0.1, -0.05) is 60.2 Å². The highest BCUT2D eigenvalue weighted by atomic mass is 19.1. The van der Waals surface area contributed by atoms with Crippen molar-refractivity contribution in [3.8, 4) is 5.69 Å². The maximum absolute atomic E-state index is 13.6. The van der Waals surface area contributed by atoms with E-state index in [-0.39, 0.29) is 17.8 Å². The van der Waals surface area contributed by atoms with Gasteiger partial charge in [-0.2, -0.15) is 0 Å². The molecule has 5 aromatic rings. The Kier molecular flexibility index (Phi) is 5.67. The lowest BCUT2D eigenvalue weighted by molar-refractivity contribution is 0.613. The Morgan fingerprint density at radius 3 is 2.35 bits per heavy atom. The second-order valence-electron chi connectivity index (χ2n) is 8.32. The highest BCUT2D eigenvalue weighted by Gasteiger charge is 2.19. The lowest BCUT2D eigenvalue weighted by Gasteiger charge is -2.13. The van der Waals surface area contributed by atoms with Crippen molar-refractivity contribution in [2.75, 3.05) is 0 Å². The molecule has 0 atom stereocenters. The van der Waals surface area contributed by atoms with E-state index < -0.39 is 11.5 Å². The van der Waals surface area contributed by atoms with Crippen molar-refractivity contribution in [2.45, 2.75) is 26.4 Å². The lowest BCUT2D eigenvalue weighted by atomic mass is 10.1. The first-order valence-electron chi connectivity index (χ1n) is 11.1. The van der Waals surface area contributed by atoms with E-state index in [1.807, 2.05) is 55.5 Å². The van der Waals surface area contributed by atoms with Crippen LogP contribution in [-0.4, -0.2) is 18.7 Å². The van der Waals surface area contributed by atoms with E-state index in [2.05, 4.69) is 11.1 Å². The normalized spacial score (nSPS) is 11.2. The monoisotopic (exact) mass is 454 g/mol. The third kappa shape index (κ3) is 4.08. The number of aryl methyl sites for hydroxylation is 2. The summed E-state index contributed by atoms with van der Waals surface area (Å²) in [5, 5.41) is 0. The second kappa shape index (κ2) is 8.94. The van der Waals surface area contributed by atoms with Gasteiger partial charge in [0.05, 0.1) is 12.0 Å². The fourth-order valence-electron chi connectivity index (χ4n) is 4.21. The first kappa shape index (κ1) is 21.6. The number of aromatic nitrogens is 4. The zero-order chi connectivity index (χ0) is 23.7. The van der Waals surface area contributed by atoms with Crippen molar-refractivity contribution in [1.82, 2.24) is 18.7 Å². The molecule has 0 fully saturated rings.